The summed E-state index contributed by atoms with van der Waals surface area (Å²) < 4.78 is 13.4. The van der Waals surface area contributed by atoms with Crippen molar-refractivity contribution in [2.24, 2.45) is 17.3 Å². The molecule has 182 valence electrons. The molecule has 33 heavy (non-hydrogen) atoms. The van der Waals surface area contributed by atoms with Gasteiger partial charge in [-0.25, -0.2) is 0 Å². The van der Waals surface area contributed by atoms with Crippen molar-refractivity contribution in [3.63, 3.8) is 0 Å². The zero-order valence-electron chi connectivity index (χ0n) is 21.5. The molecular weight excluding hydrogens is 411 g/mol. The van der Waals surface area contributed by atoms with Crippen LogP contribution in [0, 0.1) is 17.3 Å². The number of benzene rings is 1. The molecule has 1 N–H and O–H groups in total. The molecule has 1 saturated heterocycles. The first kappa shape index (κ1) is 24.7. The van der Waals surface area contributed by atoms with Crippen LogP contribution >= 0.6 is 0 Å². The van der Waals surface area contributed by atoms with E-state index in [9.17, 15) is 4.79 Å². The molecule has 3 aliphatic carbocycles. The number of amides is 1. The fraction of sp³-hybridized carbons (Fsp3) is 0.741. The summed E-state index contributed by atoms with van der Waals surface area (Å²) in [6.07, 6.45) is 7.10. The molecule has 0 spiro atoms. The summed E-state index contributed by atoms with van der Waals surface area (Å²) in [5, 5.41) is 3.22. The van der Waals surface area contributed by atoms with Gasteiger partial charge in [0.05, 0.1) is 23.7 Å². The zero-order valence-corrected chi connectivity index (χ0v) is 21.5. The molecule has 5 nitrogen and oxygen atoms in total. The van der Waals surface area contributed by atoms with E-state index >= 15 is 0 Å². The fourth-order valence-corrected chi connectivity index (χ4v) is 6.82. The van der Waals surface area contributed by atoms with Crippen molar-refractivity contribution < 1.29 is 14.1 Å². The van der Waals surface area contributed by atoms with Gasteiger partial charge in [-0.05, 0) is 75.3 Å². The van der Waals surface area contributed by atoms with Gasteiger partial charge in [-0.2, -0.15) is 0 Å². The lowest BCUT2D eigenvalue weighted by Crippen LogP contribution is -2.65. The minimum atomic E-state index is -0.362. The van der Waals surface area contributed by atoms with E-state index in [0.717, 1.165) is 44.4 Å². The maximum Gasteiger partial charge on any atom is 0.481 e. The third-order valence-corrected chi connectivity index (χ3v) is 9.16. The van der Waals surface area contributed by atoms with Gasteiger partial charge in [0.1, 0.15) is 0 Å². The highest BCUT2D eigenvalue weighted by atomic mass is 16.7. The average molecular weight is 454 g/mol. The van der Waals surface area contributed by atoms with E-state index in [4.69, 9.17) is 9.31 Å². The second-order valence-corrected chi connectivity index (χ2v) is 11.4. The Bertz CT molecular complexity index is 819. The summed E-state index contributed by atoms with van der Waals surface area (Å²) in [7, 11) is 3.46. The maximum absolute atomic E-state index is 13.4. The maximum atomic E-state index is 13.4. The minimum Gasteiger partial charge on any atom is -0.404 e. The van der Waals surface area contributed by atoms with Crippen molar-refractivity contribution in [1.29, 1.82) is 0 Å². The lowest BCUT2D eigenvalue weighted by atomic mass is 9.43. The monoisotopic (exact) mass is 454 g/mol. The highest BCUT2D eigenvalue weighted by Gasteiger charge is 2.68. The lowest BCUT2D eigenvalue weighted by Gasteiger charge is -2.64. The van der Waals surface area contributed by atoms with Crippen LogP contribution in [-0.2, 0) is 20.5 Å². The van der Waals surface area contributed by atoms with Gasteiger partial charge in [0, 0.05) is 7.05 Å². The number of carbonyl (C=O) groups excluding carboxylic acids is 1. The van der Waals surface area contributed by atoms with E-state index in [2.05, 4.69) is 63.3 Å². The van der Waals surface area contributed by atoms with Crippen LogP contribution < -0.4 is 5.32 Å². The number of aryl methyl sites for hydroxylation is 1. The summed E-state index contributed by atoms with van der Waals surface area (Å²) in [4.78, 5) is 15.3. The Morgan fingerprint density at radius 1 is 1.21 bits per heavy atom. The number of likely N-dealkylation sites (N-methyl/N-ethyl adjacent to an activating group) is 2. The molecule has 4 fully saturated rings. The van der Waals surface area contributed by atoms with Gasteiger partial charge in [-0.1, -0.05) is 57.5 Å². The fourth-order valence-electron chi connectivity index (χ4n) is 6.82. The normalized spacial score (nSPS) is 31.5. The summed E-state index contributed by atoms with van der Waals surface area (Å²) in [5.74, 6) is 1.30. The summed E-state index contributed by atoms with van der Waals surface area (Å²) in [6.45, 7) is 9.16. The SMILES string of the molecule is CCC[C@@H](NC)C(=O)N(C)[C@@H](CCCc1ccccc1)B1O[C@@H]2C[C@@H]3C[C@@H](C3(C)C)[C@]2(C)O1. The number of hydrogen-bond acceptors (Lipinski definition) is 4. The number of hydrogen-bond donors (Lipinski definition) is 1. The first-order chi connectivity index (χ1) is 15.7. The summed E-state index contributed by atoms with van der Waals surface area (Å²) >= 11 is 0. The Balaban J connectivity index is 1.50. The van der Waals surface area contributed by atoms with Gasteiger partial charge in [0.15, 0.2) is 0 Å². The highest BCUT2D eigenvalue weighted by Crippen LogP contribution is 2.65. The third-order valence-electron chi connectivity index (χ3n) is 9.16. The van der Waals surface area contributed by atoms with E-state index < -0.39 is 0 Å². The zero-order chi connectivity index (χ0) is 23.8. The molecule has 6 heteroatoms. The molecule has 1 aliphatic heterocycles. The number of nitrogens with zero attached hydrogens (tertiary/aromatic N) is 1. The Labute approximate surface area is 201 Å². The van der Waals surface area contributed by atoms with Gasteiger partial charge in [0.2, 0.25) is 5.91 Å². The lowest BCUT2D eigenvalue weighted by molar-refractivity contribution is -0.199. The molecule has 1 aromatic rings. The molecule has 3 saturated carbocycles. The van der Waals surface area contributed by atoms with Crippen LogP contribution in [0.3, 0.4) is 0 Å². The minimum absolute atomic E-state index is 0.0864. The largest absolute Gasteiger partial charge is 0.481 e. The Hall–Kier alpha value is -1.37. The molecular formula is C27H43BN2O3. The van der Waals surface area contributed by atoms with Crippen LogP contribution in [-0.4, -0.2) is 55.7 Å². The van der Waals surface area contributed by atoms with E-state index in [-0.39, 0.29) is 36.7 Å². The number of rotatable bonds is 10. The third kappa shape index (κ3) is 4.51. The molecule has 0 unspecified atom stereocenters. The highest BCUT2D eigenvalue weighted by molar-refractivity contribution is 6.47. The van der Waals surface area contributed by atoms with Crippen LogP contribution in [0.15, 0.2) is 30.3 Å². The van der Waals surface area contributed by atoms with Crippen molar-refractivity contribution in [2.75, 3.05) is 14.1 Å². The van der Waals surface area contributed by atoms with Crippen LogP contribution in [0.2, 0.25) is 0 Å². The molecule has 1 heterocycles. The van der Waals surface area contributed by atoms with E-state index in [1.54, 1.807) is 0 Å². The van der Waals surface area contributed by atoms with Crippen LogP contribution in [0.1, 0.15) is 71.8 Å². The molecule has 0 aromatic heterocycles. The predicted molar refractivity (Wildman–Crippen MR) is 134 cm³/mol. The molecule has 4 aliphatic rings. The van der Waals surface area contributed by atoms with Crippen LogP contribution in [0.4, 0.5) is 0 Å². The van der Waals surface area contributed by atoms with Gasteiger partial charge in [-0.15, -0.1) is 0 Å². The molecule has 5 rings (SSSR count). The van der Waals surface area contributed by atoms with Gasteiger partial charge >= 0.3 is 7.12 Å². The predicted octanol–water partition coefficient (Wildman–Crippen LogP) is 4.49. The topological polar surface area (TPSA) is 50.8 Å². The van der Waals surface area contributed by atoms with E-state index in [1.165, 1.54) is 12.0 Å². The van der Waals surface area contributed by atoms with Gasteiger partial charge < -0.3 is 19.5 Å². The molecule has 1 aromatic carbocycles. The first-order valence-corrected chi connectivity index (χ1v) is 13.0. The molecule has 6 atom stereocenters. The second-order valence-electron chi connectivity index (χ2n) is 11.4. The Kier molecular flexibility index (Phi) is 7.28. The molecule has 0 radical (unpaired) electrons. The average Bonchev–Trinajstić information content (AvgIpc) is 3.16. The quantitative estimate of drug-likeness (QED) is 0.530. The van der Waals surface area contributed by atoms with Crippen molar-refractivity contribution >= 4 is 13.0 Å². The van der Waals surface area contributed by atoms with E-state index in [0.29, 0.717) is 11.3 Å². The van der Waals surface area contributed by atoms with E-state index in [1.807, 2.05) is 19.0 Å². The van der Waals surface area contributed by atoms with Crippen molar-refractivity contribution in [3.05, 3.63) is 35.9 Å². The molecule has 2 bridgehead atoms. The Morgan fingerprint density at radius 3 is 2.58 bits per heavy atom. The number of nitrogens with one attached hydrogen (secondary N) is 1. The standard InChI is InChI=1S/C27H43BN2O3/c1-7-12-21(29-5)25(31)30(6)24(16-11-15-19-13-9-8-10-14-19)28-32-23-18-20-17-22(26(20,2)3)27(23,4)33-28/h8-10,13-14,20-24,29H,7,11-12,15-18H2,1-6H3/t20-,21+,22-,23+,24-,27-/m0/s1. The smallest absolute Gasteiger partial charge is 0.404 e. The Morgan fingerprint density at radius 2 is 1.94 bits per heavy atom. The summed E-state index contributed by atoms with van der Waals surface area (Å²) in [6, 6.07) is 10.4. The van der Waals surface area contributed by atoms with Crippen molar-refractivity contribution in [2.45, 2.75) is 96.3 Å². The van der Waals surface area contributed by atoms with Gasteiger partial charge in [0.25, 0.3) is 0 Å². The van der Waals surface area contributed by atoms with Crippen LogP contribution in [0.25, 0.3) is 0 Å². The molecule has 1 amide bonds. The number of carbonyl (C=O) groups is 1. The summed E-state index contributed by atoms with van der Waals surface area (Å²) in [5.41, 5.74) is 1.39. The second kappa shape index (κ2) is 9.71. The van der Waals surface area contributed by atoms with Crippen molar-refractivity contribution in [1.82, 2.24) is 10.2 Å². The van der Waals surface area contributed by atoms with Gasteiger partial charge in [-0.3, -0.25) is 4.79 Å². The van der Waals surface area contributed by atoms with Crippen LogP contribution in [0.5, 0.6) is 0 Å². The first-order valence-electron chi connectivity index (χ1n) is 13.0. The van der Waals surface area contributed by atoms with Crippen molar-refractivity contribution in [3.8, 4) is 0 Å².